The van der Waals surface area contributed by atoms with E-state index in [1.54, 1.807) is 50.2 Å². The number of rotatable bonds is 10. The summed E-state index contributed by atoms with van der Waals surface area (Å²) in [6.45, 7) is 7.40. The van der Waals surface area contributed by atoms with Crippen molar-refractivity contribution in [2.45, 2.75) is 45.2 Å². The van der Waals surface area contributed by atoms with E-state index < -0.39 is 28.5 Å². The molecular formula is C28H32BrN3O4S. The number of hydrogen-bond acceptors (Lipinski definition) is 4. The van der Waals surface area contributed by atoms with Crippen molar-refractivity contribution in [2.24, 2.45) is 0 Å². The standard InChI is InChI=1S/C28H32BrN3O4S/c1-5-30-28(34)22(4)31(18-23-8-6-7-21(3)17-23)27(33)19-32(25-13-11-24(29)12-14-25)37(35,36)26-15-9-20(2)10-16-26/h6-17,22H,5,18-19H2,1-4H3,(H,30,34)/t22-/m1/s1. The van der Waals surface area contributed by atoms with E-state index in [0.29, 0.717) is 12.2 Å². The first-order chi connectivity index (χ1) is 17.5. The summed E-state index contributed by atoms with van der Waals surface area (Å²) in [5.41, 5.74) is 3.14. The molecule has 1 N–H and O–H groups in total. The van der Waals surface area contributed by atoms with Gasteiger partial charge in [-0.2, -0.15) is 0 Å². The number of carbonyl (C=O) groups excluding carboxylic acids is 2. The number of sulfonamides is 1. The van der Waals surface area contributed by atoms with E-state index in [1.807, 2.05) is 38.1 Å². The van der Waals surface area contributed by atoms with Crippen LogP contribution < -0.4 is 9.62 Å². The Hall–Kier alpha value is -3.17. The predicted octanol–water partition coefficient (Wildman–Crippen LogP) is 4.81. The summed E-state index contributed by atoms with van der Waals surface area (Å²) in [4.78, 5) is 28.0. The quantitative estimate of drug-likeness (QED) is 0.370. The van der Waals surface area contributed by atoms with E-state index in [0.717, 1.165) is 25.5 Å². The van der Waals surface area contributed by atoms with E-state index >= 15 is 0 Å². The topological polar surface area (TPSA) is 86.8 Å². The van der Waals surface area contributed by atoms with Crippen molar-refractivity contribution < 1.29 is 18.0 Å². The predicted molar refractivity (Wildman–Crippen MR) is 150 cm³/mol. The second-order valence-electron chi connectivity index (χ2n) is 8.88. The molecule has 0 radical (unpaired) electrons. The lowest BCUT2D eigenvalue weighted by atomic mass is 10.1. The fourth-order valence-electron chi connectivity index (χ4n) is 3.89. The van der Waals surface area contributed by atoms with Crippen LogP contribution >= 0.6 is 15.9 Å². The fourth-order valence-corrected chi connectivity index (χ4v) is 5.56. The molecule has 9 heteroatoms. The lowest BCUT2D eigenvalue weighted by Gasteiger charge is -2.32. The van der Waals surface area contributed by atoms with E-state index in [4.69, 9.17) is 0 Å². The smallest absolute Gasteiger partial charge is 0.264 e. The molecule has 0 aromatic heterocycles. The maximum atomic E-state index is 13.8. The summed E-state index contributed by atoms with van der Waals surface area (Å²) in [6, 6.07) is 20.1. The van der Waals surface area contributed by atoms with Gasteiger partial charge in [0.15, 0.2) is 0 Å². The van der Waals surface area contributed by atoms with Crippen molar-refractivity contribution in [3.05, 3.63) is 94.0 Å². The van der Waals surface area contributed by atoms with E-state index in [2.05, 4.69) is 21.2 Å². The molecule has 0 bridgehead atoms. The molecule has 0 aliphatic heterocycles. The van der Waals surface area contributed by atoms with Crippen molar-refractivity contribution in [1.82, 2.24) is 10.2 Å². The van der Waals surface area contributed by atoms with Crippen molar-refractivity contribution in [3.8, 4) is 0 Å². The van der Waals surface area contributed by atoms with Crippen LogP contribution in [0.4, 0.5) is 5.69 Å². The molecule has 3 rings (SSSR count). The molecule has 0 heterocycles. The molecule has 0 saturated heterocycles. The Kier molecular flexibility index (Phi) is 9.50. The molecule has 0 aliphatic rings. The maximum Gasteiger partial charge on any atom is 0.264 e. The molecule has 0 fully saturated rings. The first kappa shape index (κ1) is 28.4. The zero-order chi connectivity index (χ0) is 27.2. The van der Waals surface area contributed by atoms with Crippen LogP contribution in [0.1, 0.15) is 30.5 Å². The van der Waals surface area contributed by atoms with Gasteiger partial charge in [0.1, 0.15) is 12.6 Å². The van der Waals surface area contributed by atoms with E-state index in [-0.39, 0.29) is 17.3 Å². The van der Waals surface area contributed by atoms with E-state index in [1.165, 1.54) is 17.0 Å². The molecule has 1 atom stereocenters. The first-order valence-electron chi connectivity index (χ1n) is 12.0. The van der Waals surface area contributed by atoms with Crippen LogP contribution in [0.25, 0.3) is 0 Å². The van der Waals surface area contributed by atoms with Gasteiger partial charge in [0.25, 0.3) is 10.0 Å². The van der Waals surface area contributed by atoms with Crippen molar-refractivity contribution >= 4 is 43.5 Å². The van der Waals surface area contributed by atoms with Gasteiger partial charge in [0.2, 0.25) is 11.8 Å². The Morgan fingerprint density at radius 3 is 2.19 bits per heavy atom. The maximum absolute atomic E-state index is 13.8. The molecule has 3 aromatic carbocycles. The Morgan fingerprint density at radius 2 is 1.59 bits per heavy atom. The number of nitrogens with one attached hydrogen (secondary N) is 1. The number of halogens is 1. The Bertz CT molecular complexity index is 1340. The SMILES string of the molecule is CCNC(=O)[C@@H](C)N(Cc1cccc(C)c1)C(=O)CN(c1ccc(Br)cc1)S(=O)(=O)c1ccc(C)cc1. The highest BCUT2D eigenvalue weighted by molar-refractivity contribution is 9.10. The Balaban J connectivity index is 2.02. The van der Waals surface area contributed by atoms with Gasteiger partial charge >= 0.3 is 0 Å². The number of likely N-dealkylation sites (N-methyl/N-ethyl adjacent to an activating group) is 1. The molecule has 3 aromatic rings. The van der Waals surface area contributed by atoms with Gasteiger partial charge in [-0.15, -0.1) is 0 Å². The van der Waals surface area contributed by atoms with Gasteiger partial charge in [0.05, 0.1) is 10.6 Å². The monoisotopic (exact) mass is 585 g/mol. The van der Waals surface area contributed by atoms with Crippen LogP contribution in [0, 0.1) is 13.8 Å². The van der Waals surface area contributed by atoms with Crippen LogP contribution in [0.15, 0.2) is 82.2 Å². The molecule has 0 aliphatic carbocycles. The van der Waals surface area contributed by atoms with Gasteiger partial charge < -0.3 is 10.2 Å². The highest BCUT2D eigenvalue weighted by Gasteiger charge is 2.32. The van der Waals surface area contributed by atoms with Gasteiger partial charge in [-0.3, -0.25) is 13.9 Å². The molecule has 7 nitrogen and oxygen atoms in total. The number of carbonyl (C=O) groups is 2. The lowest BCUT2D eigenvalue weighted by Crippen LogP contribution is -2.51. The second-order valence-corrected chi connectivity index (χ2v) is 11.7. The number of benzene rings is 3. The van der Waals surface area contributed by atoms with Crippen LogP contribution in [0.2, 0.25) is 0 Å². The molecular weight excluding hydrogens is 554 g/mol. The average molecular weight is 587 g/mol. The highest BCUT2D eigenvalue weighted by Crippen LogP contribution is 2.26. The second kappa shape index (κ2) is 12.4. The summed E-state index contributed by atoms with van der Waals surface area (Å²) in [6.07, 6.45) is 0. The molecule has 0 unspecified atom stereocenters. The fraction of sp³-hybridized carbons (Fsp3) is 0.286. The Morgan fingerprint density at radius 1 is 0.946 bits per heavy atom. The minimum absolute atomic E-state index is 0.0795. The van der Waals surface area contributed by atoms with Gasteiger partial charge in [-0.1, -0.05) is 63.5 Å². The minimum Gasteiger partial charge on any atom is -0.355 e. The molecule has 37 heavy (non-hydrogen) atoms. The van der Waals surface area contributed by atoms with Gasteiger partial charge in [-0.05, 0) is 69.7 Å². The summed E-state index contributed by atoms with van der Waals surface area (Å²) >= 11 is 3.38. The van der Waals surface area contributed by atoms with Crippen LogP contribution in [-0.2, 0) is 26.2 Å². The summed E-state index contributed by atoms with van der Waals surface area (Å²) in [5.74, 6) is -0.793. The van der Waals surface area contributed by atoms with Crippen LogP contribution in [0.5, 0.6) is 0 Å². The molecule has 196 valence electrons. The number of aryl methyl sites for hydroxylation is 2. The lowest BCUT2D eigenvalue weighted by molar-refractivity contribution is -0.139. The largest absolute Gasteiger partial charge is 0.355 e. The number of anilines is 1. The summed E-state index contributed by atoms with van der Waals surface area (Å²) < 4.78 is 29.4. The third-order valence-corrected chi connectivity index (χ3v) is 8.27. The number of amides is 2. The zero-order valence-corrected chi connectivity index (χ0v) is 23.8. The summed E-state index contributed by atoms with van der Waals surface area (Å²) in [5, 5.41) is 2.76. The molecule has 0 saturated carbocycles. The van der Waals surface area contributed by atoms with Gasteiger partial charge in [0, 0.05) is 17.6 Å². The third-order valence-electron chi connectivity index (χ3n) is 5.96. The third kappa shape index (κ3) is 7.20. The highest BCUT2D eigenvalue weighted by atomic mass is 79.9. The van der Waals surface area contributed by atoms with Crippen LogP contribution in [0.3, 0.4) is 0 Å². The average Bonchev–Trinajstić information content (AvgIpc) is 2.86. The Labute approximate surface area is 227 Å². The van der Waals surface area contributed by atoms with Crippen molar-refractivity contribution in [2.75, 3.05) is 17.4 Å². The molecule has 2 amide bonds. The summed E-state index contributed by atoms with van der Waals surface area (Å²) in [7, 11) is -4.08. The first-order valence-corrected chi connectivity index (χ1v) is 14.2. The van der Waals surface area contributed by atoms with Crippen molar-refractivity contribution in [3.63, 3.8) is 0 Å². The number of nitrogens with zero attached hydrogens (tertiary/aromatic N) is 2. The van der Waals surface area contributed by atoms with E-state index in [9.17, 15) is 18.0 Å². The van der Waals surface area contributed by atoms with Crippen LogP contribution in [-0.4, -0.2) is 44.3 Å². The van der Waals surface area contributed by atoms with Gasteiger partial charge in [-0.25, -0.2) is 8.42 Å². The minimum atomic E-state index is -4.08. The zero-order valence-electron chi connectivity index (χ0n) is 21.4. The number of hydrogen-bond donors (Lipinski definition) is 1. The van der Waals surface area contributed by atoms with Crippen molar-refractivity contribution in [1.29, 1.82) is 0 Å². The normalized spacial score (nSPS) is 12.0. The molecule has 0 spiro atoms.